The summed E-state index contributed by atoms with van der Waals surface area (Å²) in [5.41, 5.74) is -0.0834. The minimum absolute atomic E-state index is 0.0957. The Morgan fingerprint density at radius 1 is 1.53 bits per heavy atom. The van der Waals surface area contributed by atoms with Crippen LogP contribution in [-0.2, 0) is 16.0 Å². The van der Waals surface area contributed by atoms with E-state index in [1.807, 2.05) is 0 Å². The van der Waals surface area contributed by atoms with Gasteiger partial charge in [0.1, 0.15) is 3.70 Å². The zero-order chi connectivity index (χ0) is 13.0. The Bertz CT molecular complexity index is 426. The molecule has 7 heteroatoms. The van der Waals surface area contributed by atoms with Gasteiger partial charge >= 0.3 is 5.97 Å². The molecule has 0 atom stereocenters. The van der Waals surface area contributed by atoms with Crippen LogP contribution in [0.25, 0.3) is 0 Å². The number of ether oxygens (including phenoxy) is 2. The first kappa shape index (κ1) is 14.1. The number of rotatable bonds is 4. The number of methoxy groups -OCH3 is 2. The molecule has 0 bridgehead atoms. The normalized spacial score (nSPS) is 10.5. The van der Waals surface area contributed by atoms with E-state index < -0.39 is 12.4 Å². The lowest BCUT2D eigenvalue weighted by atomic mass is 10.1. The third kappa shape index (κ3) is 3.48. The summed E-state index contributed by atoms with van der Waals surface area (Å²) in [6, 6.07) is 1.13. The number of hydrogen-bond acceptors (Lipinski definition) is 4. The van der Waals surface area contributed by atoms with Gasteiger partial charge in [0, 0.05) is 17.2 Å². The van der Waals surface area contributed by atoms with Crippen LogP contribution in [0.4, 0.5) is 8.78 Å². The predicted octanol–water partition coefficient (Wildman–Crippen LogP) is 2.35. The molecule has 17 heavy (non-hydrogen) atoms. The zero-order valence-corrected chi connectivity index (χ0v) is 11.3. The predicted molar refractivity (Wildman–Crippen MR) is 64.2 cm³/mol. The quantitative estimate of drug-likeness (QED) is 0.472. The van der Waals surface area contributed by atoms with Crippen LogP contribution < -0.4 is 4.74 Å². The standard InChI is InChI=1S/C10H10F2INO3/c1-16-7-3-5(9(11)12)6(10(13)14-7)4-8(15)17-2/h3,9H,4H2,1-2H3. The van der Waals surface area contributed by atoms with E-state index in [1.54, 1.807) is 22.6 Å². The molecule has 1 aromatic rings. The Morgan fingerprint density at radius 2 is 2.18 bits per heavy atom. The zero-order valence-electron chi connectivity index (χ0n) is 9.17. The van der Waals surface area contributed by atoms with Gasteiger partial charge in [0.2, 0.25) is 5.88 Å². The highest BCUT2D eigenvalue weighted by molar-refractivity contribution is 14.1. The van der Waals surface area contributed by atoms with E-state index in [2.05, 4.69) is 9.72 Å². The number of hydrogen-bond donors (Lipinski definition) is 0. The number of nitrogens with zero attached hydrogens (tertiary/aromatic N) is 1. The van der Waals surface area contributed by atoms with Crippen LogP contribution in [0.1, 0.15) is 17.6 Å². The number of alkyl halides is 2. The fraction of sp³-hybridized carbons (Fsp3) is 0.400. The minimum Gasteiger partial charge on any atom is -0.481 e. The van der Waals surface area contributed by atoms with E-state index >= 15 is 0 Å². The maximum absolute atomic E-state index is 12.8. The van der Waals surface area contributed by atoms with E-state index in [0.717, 1.165) is 6.07 Å². The topological polar surface area (TPSA) is 48.4 Å². The van der Waals surface area contributed by atoms with Crippen LogP contribution in [-0.4, -0.2) is 25.2 Å². The van der Waals surface area contributed by atoms with Crippen molar-refractivity contribution < 1.29 is 23.0 Å². The molecule has 0 aromatic carbocycles. The van der Waals surface area contributed by atoms with Crippen molar-refractivity contribution >= 4 is 28.6 Å². The summed E-state index contributed by atoms with van der Waals surface area (Å²) in [4.78, 5) is 15.1. The van der Waals surface area contributed by atoms with Crippen LogP contribution in [0.15, 0.2) is 6.07 Å². The van der Waals surface area contributed by atoms with Gasteiger partial charge < -0.3 is 9.47 Å². The van der Waals surface area contributed by atoms with Gasteiger partial charge in [-0.2, -0.15) is 0 Å². The molecule has 1 aromatic heterocycles. The van der Waals surface area contributed by atoms with Crippen LogP contribution in [0, 0.1) is 3.70 Å². The van der Waals surface area contributed by atoms with Gasteiger partial charge in [-0.25, -0.2) is 13.8 Å². The maximum atomic E-state index is 12.8. The third-order valence-electron chi connectivity index (χ3n) is 2.08. The summed E-state index contributed by atoms with van der Waals surface area (Å²) < 4.78 is 35.2. The van der Waals surface area contributed by atoms with Crippen molar-refractivity contribution in [2.75, 3.05) is 14.2 Å². The van der Waals surface area contributed by atoms with Gasteiger partial charge in [0.25, 0.3) is 6.43 Å². The number of pyridine rings is 1. The molecular weight excluding hydrogens is 347 g/mol. The summed E-state index contributed by atoms with van der Waals surface area (Å²) in [5.74, 6) is -0.491. The fourth-order valence-corrected chi connectivity index (χ4v) is 1.97. The summed E-state index contributed by atoms with van der Waals surface area (Å²) in [5, 5.41) is 0. The highest BCUT2D eigenvalue weighted by Gasteiger charge is 2.20. The van der Waals surface area contributed by atoms with Gasteiger partial charge in [-0.05, 0) is 22.6 Å². The molecule has 1 heterocycles. The van der Waals surface area contributed by atoms with Crippen molar-refractivity contribution in [1.82, 2.24) is 4.98 Å². The summed E-state index contributed by atoms with van der Waals surface area (Å²) in [7, 11) is 2.54. The molecule has 1 rings (SSSR count). The molecule has 0 saturated heterocycles. The second-order valence-electron chi connectivity index (χ2n) is 3.08. The van der Waals surface area contributed by atoms with Crippen molar-refractivity contribution in [2.24, 2.45) is 0 Å². The lowest BCUT2D eigenvalue weighted by Crippen LogP contribution is -2.10. The fourth-order valence-electron chi connectivity index (χ4n) is 1.23. The Morgan fingerprint density at radius 3 is 2.65 bits per heavy atom. The van der Waals surface area contributed by atoms with Crippen molar-refractivity contribution in [2.45, 2.75) is 12.8 Å². The monoisotopic (exact) mass is 357 g/mol. The Balaban J connectivity index is 3.21. The van der Waals surface area contributed by atoms with E-state index in [0.29, 0.717) is 3.70 Å². The van der Waals surface area contributed by atoms with Gasteiger partial charge in [0.05, 0.1) is 20.6 Å². The summed E-state index contributed by atoms with van der Waals surface area (Å²) in [6.45, 7) is 0. The molecule has 0 fully saturated rings. The molecule has 0 amide bonds. The number of halogens is 3. The van der Waals surface area contributed by atoms with Gasteiger partial charge in [-0.3, -0.25) is 4.79 Å². The second kappa shape index (κ2) is 6.08. The Labute approximate surface area is 110 Å². The van der Waals surface area contributed by atoms with Crippen LogP contribution >= 0.6 is 22.6 Å². The highest BCUT2D eigenvalue weighted by Crippen LogP contribution is 2.29. The number of aromatic nitrogens is 1. The largest absolute Gasteiger partial charge is 0.481 e. The molecule has 0 unspecified atom stereocenters. The first-order valence-electron chi connectivity index (χ1n) is 4.57. The van der Waals surface area contributed by atoms with E-state index in [9.17, 15) is 13.6 Å². The lowest BCUT2D eigenvalue weighted by Gasteiger charge is -2.11. The van der Waals surface area contributed by atoms with E-state index in [4.69, 9.17) is 4.74 Å². The third-order valence-corrected chi connectivity index (χ3v) is 2.97. The van der Waals surface area contributed by atoms with Gasteiger partial charge in [-0.15, -0.1) is 0 Å². The molecule has 0 aliphatic heterocycles. The second-order valence-corrected chi connectivity index (χ2v) is 4.10. The Hall–Kier alpha value is -0.990. The molecule has 0 saturated carbocycles. The molecular formula is C10H10F2INO3. The average molecular weight is 357 g/mol. The van der Waals surface area contributed by atoms with Gasteiger partial charge in [0.15, 0.2) is 0 Å². The maximum Gasteiger partial charge on any atom is 0.310 e. The molecule has 94 valence electrons. The molecule has 0 N–H and O–H groups in total. The number of esters is 1. The average Bonchev–Trinajstić information content (AvgIpc) is 2.30. The highest BCUT2D eigenvalue weighted by atomic mass is 127. The molecule has 4 nitrogen and oxygen atoms in total. The van der Waals surface area contributed by atoms with Crippen molar-refractivity contribution in [3.05, 3.63) is 20.9 Å². The number of carbonyl (C=O) groups is 1. The molecule has 0 spiro atoms. The van der Waals surface area contributed by atoms with Crippen LogP contribution in [0.3, 0.4) is 0 Å². The smallest absolute Gasteiger partial charge is 0.310 e. The van der Waals surface area contributed by atoms with Crippen molar-refractivity contribution in [3.63, 3.8) is 0 Å². The van der Waals surface area contributed by atoms with Crippen molar-refractivity contribution in [1.29, 1.82) is 0 Å². The van der Waals surface area contributed by atoms with Crippen LogP contribution in [0.2, 0.25) is 0 Å². The van der Waals surface area contributed by atoms with Crippen molar-refractivity contribution in [3.8, 4) is 5.88 Å². The van der Waals surface area contributed by atoms with Crippen LogP contribution in [0.5, 0.6) is 5.88 Å². The molecule has 0 radical (unpaired) electrons. The SMILES string of the molecule is COC(=O)Cc1c(C(F)F)cc(OC)nc1I. The number of carbonyl (C=O) groups excluding carboxylic acids is 1. The minimum atomic E-state index is -2.69. The summed E-state index contributed by atoms with van der Waals surface area (Å²) in [6.07, 6.45) is -2.93. The summed E-state index contributed by atoms with van der Waals surface area (Å²) >= 11 is 1.79. The first-order valence-corrected chi connectivity index (χ1v) is 5.65. The van der Waals surface area contributed by atoms with E-state index in [-0.39, 0.29) is 23.4 Å². The Kier molecular flexibility index (Phi) is 5.03. The first-order chi connectivity index (χ1) is 7.99. The lowest BCUT2D eigenvalue weighted by molar-refractivity contribution is -0.139. The molecule has 0 aliphatic rings. The van der Waals surface area contributed by atoms with E-state index in [1.165, 1.54) is 14.2 Å². The molecule has 0 aliphatic carbocycles. The van der Waals surface area contributed by atoms with Gasteiger partial charge in [-0.1, -0.05) is 0 Å².